The van der Waals surface area contributed by atoms with E-state index in [1.807, 2.05) is 4.90 Å². The summed E-state index contributed by atoms with van der Waals surface area (Å²) < 4.78 is 24.0. The van der Waals surface area contributed by atoms with Crippen molar-refractivity contribution < 1.29 is 18.7 Å². The Kier molecular flexibility index (Phi) is 6.43. The van der Waals surface area contributed by atoms with Gasteiger partial charge in [0.1, 0.15) is 17.7 Å². The number of ether oxygens (including phenoxy) is 2. The number of likely N-dealkylation sites (tertiary alicyclic amines) is 1. The van der Waals surface area contributed by atoms with E-state index in [1.165, 1.54) is 12.1 Å². The smallest absolute Gasteiger partial charge is 0.242 e. The quantitative estimate of drug-likeness (QED) is 0.899. The van der Waals surface area contributed by atoms with E-state index < -0.39 is 5.54 Å². The van der Waals surface area contributed by atoms with Crippen molar-refractivity contribution in [2.24, 2.45) is 5.73 Å². The van der Waals surface area contributed by atoms with E-state index >= 15 is 0 Å². The molecule has 134 valence electrons. The maximum absolute atomic E-state index is 12.9. The SMILES string of the molecule is Cl.NC1(C(=O)N2CCC(Oc3ccc(F)cc3)CC2)CCOCC1. The summed E-state index contributed by atoms with van der Waals surface area (Å²) >= 11 is 0. The number of benzene rings is 1. The third-order valence-electron chi connectivity index (χ3n) is 4.66. The monoisotopic (exact) mass is 358 g/mol. The number of halogens is 2. The average Bonchev–Trinajstić information content (AvgIpc) is 2.58. The molecule has 1 aromatic rings. The molecular formula is C17H24ClFN2O3. The van der Waals surface area contributed by atoms with Crippen molar-refractivity contribution in [3.05, 3.63) is 30.1 Å². The lowest BCUT2D eigenvalue weighted by molar-refractivity contribution is -0.142. The Labute approximate surface area is 147 Å². The first-order valence-corrected chi connectivity index (χ1v) is 8.15. The standard InChI is InChI=1S/C17H23FN2O3.ClH/c18-13-1-3-14(4-2-13)23-15-5-9-20(10-6-15)16(21)17(19)7-11-22-12-8-17;/h1-4,15H,5-12,19H2;1H. The number of carbonyl (C=O) groups excluding carboxylic acids is 1. The van der Waals surface area contributed by atoms with Crippen molar-refractivity contribution in [2.45, 2.75) is 37.3 Å². The second kappa shape index (κ2) is 8.14. The van der Waals surface area contributed by atoms with E-state index in [-0.39, 0.29) is 30.2 Å². The molecule has 0 bridgehead atoms. The lowest BCUT2D eigenvalue weighted by Gasteiger charge is -2.39. The van der Waals surface area contributed by atoms with Gasteiger partial charge in [0.05, 0.1) is 5.54 Å². The van der Waals surface area contributed by atoms with Gasteiger partial charge in [0.15, 0.2) is 0 Å². The molecule has 1 aromatic carbocycles. The van der Waals surface area contributed by atoms with Crippen molar-refractivity contribution in [3.63, 3.8) is 0 Å². The lowest BCUT2D eigenvalue weighted by atomic mass is 9.89. The topological polar surface area (TPSA) is 64.8 Å². The molecule has 0 unspecified atom stereocenters. The van der Waals surface area contributed by atoms with Crippen molar-refractivity contribution in [1.82, 2.24) is 4.90 Å². The summed E-state index contributed by atoms with van der Waals surface area (Å²) in [5.74, 6) is 0.416. The minimum Gasteiger partial charge on any atom is -0.490 e. The van der Waals surface area contributed by atoms with Crippen LogP contribution in [0.15, 0.2) is 24.3 Å². The fourth-order valence-corrected chi connectivity index (χ4v) is 3.15. The molecule has 3 rings (SSSR count). The van der Waals surface area contributed by atoms with Gasteiger partial charge in [-0.15, -0.1) is 12.4 Å². The van der Waals surface area contributed by atoms with Gasteiger partial charge in [0.2, 0.25) is 5.91 Å². The first-order chi connectivity index (χ1) is 11.1. The third-order valence-corrected chi connectivity index (χ3v) is 4.66. The van der Waals surface area contributed by atoms with E-state index in [2.05, 4.69) is 0 Å². The summed E-state index contributed by atoms with van der Waals surface area (Å²) in [4.78, 5) is 14.5. The summed E-state index contributed by atoms with van der Waals surface area (Å²) in [5.41, 5.74) is 5.49. The number of amides is 1. The Balaban J connectivity index is 0.00000208. The van der Waals surface area contributed by atoms with Gasteiger partial charge < -0.3 is 20.1 Å². The molecule has 0 aliphatic carbocycles. The highest BCUT2D eigenvalue weighted by molar-refractivity contribution is 5.86. The van der Waals surface area contributed by atoms with Crippen LogP contribution >= 0.6 is 12.4 Å². The van der Waals surface area contributed by atoms with Crippen molar-refractivity contribution in [1.29, 1.82) is 0 Å². The molecule has 7 heteroatoms. The van der Waals surface area contributed by atoms with E-state index in [4.69, 9.17) is 15.2 Å². The fraction of sp³-hybridized carbons (Fsp3) is 0.588. The molecular weight excluding hydrogens is 335 g/mol. The highest BCUT2D eigenvalue weighted by Gasteiger charge is 2.40. The molecule has 0 radical (unpaired) electrons. The largest absolute Gasteiger partial charge is 0.490 e. The summed E-state index contributed by atoms with van der Waals surface area (Å²) in [6, 6.07) is 6.03. The maximum Gasteiger partial charge on any atom is 0.242 e. The van der Waals surface area contributed by atoms with Crippen LogP contribution in [0.3, 0.4) is 0 Å². The van der Waals surface area contributed by atoms with E-state index in [1.54, 1.807) is 12.1 Å². The highest BCUT2D eigenvalue weighted by Crippen LogP contribution is 2.24. The van der Waals surface area contributed by atoms with Crippen molar-refractivity contribution >= 4 is 18.3 Å². The zero-order chi connectivity index (χ0) is 16.3. The summed E-state index contributed by atoms with van der Waals surface area (Å²) in [6.07, 6.45) is 2.73. The minimum atomic E-state index is -0.775. The van der Waals surface area contributed by atoms with Crippen molar-refractivity contribution in [2.75, 3.05) is 26.3 Å². The normalized spacial score (nSPS) is 21.0. The molecule has 0 atom stereocenters. The summed E-state index contributed by atoms with van der Waals surface area (Å²) in [6.45, 7) is 2.38. The van der Waals surface area contributed by atoms with Crippen LogP contribution in [0.2, 0.25) is 0 Å². The van der Waals surface area contributed by atoms with E-state index in [0.717, 1.165) is 12.8 Å². The first kappa shape index (κ1) is 19.0. The van der Waals surface area contributed by atoms with E-state index in [0.29, 0.717) is 44.9 Å². The Bertz CT molecular complexity index is 541. The number of hydrogen-bond donors (Lipinski definition) is 1. The van der Waals surface area contributed by atoms with Gasteiger partial charge in [0.25, 0.3) is 0 Å². The number of hydrogen-bond acceptors (Lipinski definition) is 4. The lowest BCUT2D eigenvalue weighted by Crippen LogP contribution is -2.59. The third kappa shape index (κ3) is 4.37. The Hall–Kier alpha value is -1.37. The number of carbonyl (C=O) groups is 1. The number of rotatable bonds is 3. The maximum atomic E-state index is 12.9. The first-order valence-electron chi connectivity index (χ1n) is 8.15. The molecule has 2 fully saturated rings. The predicted molar refractivity (Wildman–Crippen MR) is 90.8 cm³/mol. The summed E-state index contributed by atoms with van der Waals surface area (Å²) in [5, 5.41) is 0. The molecule has 5 nitrogen and oxygen atoms in total. The van der Waals surface area contributed by atoms with Crippen LogP contribution in [-0.2, 0) is 9.53 Å². The zero-order valence-electron chi connectivity index (χ0n) is 13.6. The van der Waals surface area contributed by atoms with Gasteiger partial charge in [-0.1, -0.05) is 0 Å². The minimum absolute atomic E-state index is 0. The van der Waals surface area contributed by atoms with Crippen LogP contribution in [0, 0.1) is 5.82 Å². The molecule has 2 aliphatic heterocycles. The average molecular weight is 359 g/mol. The highest BCUT2D eigenvalue weighted by atomic mass is 35.5. The van der Waals surface area contributed by atoms with Gasteiger partial charge in [0, 0.05) is 39.1 Å². The van der Waals surface area contributed by atoms with Gasteiger partial charge in [-0.3, -0.25) is 4.79 Å². The molecule has 0 spiro atoms. The second-order valence-electron chi connectivity index (χ2n) is 6.33. The molecule has 2 aliphatic rings. The van der Waals surface area contributed by atoms with Gasteiger partial charge in [-0.05, 0) is 37.1 Å². The molecule has 2 N–H and O–H groups in total. The van der Waals surface area contributed by atoms with Crippen LogP contribution < -0.4 is 10.5 Å². The van der Waals surface area contributed by atoms with E-state index in [9.17, 15) is 9.18 Å². The Morgan fingerprint density at radius 1 is 1.21 bits per heavy atom. The molecule has 1 amide bonds. The van der Waals surface area contributed by atoms with Gasteiger partial charge in [-0.2, -0.15) is 0 Å². The molecule has 24 heavy (non-hydrogen) atoms. The number of nitrogens with two attached hydrogens (primary N) is 1. The number of nitrogens with zero attached hydrogens (tertiary/aromatic N) is 1. The molecule has 0 aromatic heterocycles. The molecule has 0 saturated carbocycles. The second-order valence-corrected chi connectivity index (χ2v) is 6.33. The zero-order valence-corrected chi connectivity index (χ0v) is 14.4. The Morgan fingerprint density at radius 2 is 1.79 bits per heavy atom. The molecule has 2 saturated heterocycles. The number of piperidine rings is 1. The van der Waals surface area contributed by atoms with Crippen LogP contribution in [0.25, 0.3) is 0 Å². The molecule has 2 heterocycles. The Morgan fingerprint density at radius 3 is 2.38 bits per heavy atom. The van der Waals surface area contributed by atoms with Crippen LogP contribution in [-0.4, -0.2) is 48.8 Å². The summed E-state index contributed by atoms with van der Waals surface area (Å²) in [7, 11) is 0. The van der Waals surface area contributed by atoms with Gasteiger partial charge in [-0.25, -0.2) is 4.39 Å². The van der Waals surface area contributed by atoms with Crippen LogP contribution in [0.1, 0.15) is 25.7 Å². The van der Waals surface area contributed by atoms with Gasteiger partial charge >= 0.3 is 0 Å². The van der Waals surface area contributed by atoms with Crippen molar-refractivity contribution in [3.8, 4) is 5.75 Å². The predicted octanol–water partition coefficient (Wildman–Crippen LogP) is 2.13. The van der Waals surface area contributed by atoms with Crippen LogP contribution in [0.4, 0.5) is 4.39 Å². The fourth-order valence-electron chi connectivity index (χ4n) is 3.15. The van der Waals surface area contributed by atoms with Crippen LogP contribution in [0.5, 0.6) is 5.75 Å².